The minimum absolute atomic E-state index is 0.250. The van der Waals surface area contributed by atoms with Gasteiger partial charge in [0.15, 0.2) is 0 Å². The summed E-state index contributed by atoms with van der Waals surface area (Å²) in [6.45, 7) is 0.738. The molecule has 0 aromatic carbocycles. The quantitative estimate of drug-likeness (QED) is 0.398. The number of imidazole rings is 1. The van der Waals surface area contributed by atoms with Crippen LogP contribution in [-0.4, -0.2) is 31.3 Å². The van der Waals surface area contributed by atoms with E-state index >= 15 is 0 Å². The Morgan fingerprint density at radius 1 is 1.57 bits per heavy atom. The van der Waals surface area contributed by atoms with Crippen LogP contribution in [0.15, 0.2) is 12.4 Å². The zero-order valence-electron chi connectivity index (χ0n) is 8.45. The maximum absolute atomic E-state index is 11.2. The van der Waals surface area contributed by atoms with Gasteiger partial charge in [-0.05, 0) is 0 Å². The molecule has 0 atom stereocenters. The van der Waals surface area contributed by atoms with Crippen molar-refractivity contribution in [2.45, 2.75) is 6.42 Å². The summed E-state index contributed by atoms with van der Waals surface area (Å²) in [6, 6.07) is 0. The molecule has 0 aliphatic heterocycles. The van der Waals surface area contributed by atoms with E-state index in [0.717, 1.165) is 5.82 Å². The summed E-state index contributed by atoms with van der Waals surface area (Å²) >= 11 is 0. The number of nitrogens with zero attached hydrogens (tertiary/aromatic N) is 1. The minimum Gasteiger partial charge on any atom is -0.463 e. The van der Waals surface area contributed by atoms with Crippen LogP contribution in [0.1, 0.15) is 5.82 Å². The Bertz CT molecular complexity index is 296. The van der Waals surface area contributed by atoms with Crippen molar-refractivity contribution in [2.24, 2.45) is 7.05 Å². The van der Waals surface area contributed by atoms with E-state index in [-0.39, 0.29) is 12.4 Å². The van der Waals surface area contributed by atoms with E-state index < -0.39 is 0 Å². The number of aromatic amines is 1. The molecule has 5 nitrogen and oxygen atoms in total. The number of nitrogens with one attached hydrogen (secondary N) is 1. The average molecular weight is 199 g/mol. The lowest BCUT2D eigenvalue weighted by Gasteiger charge is -2.01. The summed E-state index contributed by atoms with van der Waals surface area (Å²) in [5, 5.41) is 0. The van der Waals surface area contributed by atoms with Crippen molar-refractivity contribution >= 4 is 5.97 Å². The highest BCUT2D eigenvalue weighted by Gasteiger charge is 2.13. The molecule has 1 rings (SSSR count). The molecule has 0 unspecified atom stereocenters. The molecule has 1 heterocycles. The molecule has 0 bridgehead atoms. The number of hydrogen-bond acceptors (Lipinski definition) is 3. The second-order valence-electron chi connectivity index (χ2n) is 2.91. The molecule has 1 N–H and O–H groups in total. The molecule has 5 heteroatoms. The fraction of sp³-hybridized carbons (Fsp3) is 0.556. The third kappa shape index (κ3) is 3.18. The molecular formula is C9H15N2O3+. The first-order valence-corrected chi connectivity index (χ1v) is 4.40. The second-order valence-corrected chi connectivity index (χ2v) is 2.91. The lowest BCUT2D eigenvalue weighted by atomic mass is 10.4. The van der Waals surface area contributed by atoms with E-state index in [0.29, 0.717) is 13.2 Å². The molecule has 1 aromatic rings. The van der Waals surface area contributed by atoms with Crippen LogP contribution in [0.5, 0.6) is 0 Å². The molecule has 14 heavy (non-hydrogen) atoms. The lowest BCUT2D eigenvalue weighted by molar-refractivity contribution is -0.677. The Kier molecular flexibility index (Phi) is 4.12. The molecular weight excluding hydrogens is 184 g/mol. The predicted molar refractivity (Wildman–Crippen MR) is 48.5 cm³/mol. The monoisotopic (exact) mass is 199 g/mol. The van der Waals surface area contributed by atoms with Gasteiger partial charge >= 0.3 is 5.97 Å². The lowest BCUT2D eigenvalue weighted by Crippen LogP contribution is -2.32. The van der Waals surface area contributed by atoms with Crippen molar-refractivity contribution in [2.75, 3.05) is 20.3 Å². The smallest absolute Gasteiger partial charge is 0.318 e. The molecule has 78 valence electrons. The molecule has 0 radical (unpaired) electrons. The largest absolute Gasteiger partial charge is 0.463 e. The number of carbonyl (C=O) groups excluding carboxylic acids is 1. The number of methoxy groups -OCH3 is 1. The fourth-order valence-electron chi connectivity index (χ4n) is 1.04. The number of rotatable bonds is 5. The topological polar surface area (TPSA) is 55.2 Å². The first-order chi connectivity index (χ1) is 6.74. The summed E-state index contributed by atoms with van der Waals surface area (Å²) in [5.41, 5.74) is 0. The predicted octanol–water partition coefficient (Wildman–Crippen LogP) is -0.429. The van der Waals surface area contributed by atoms with Crippen LogP contribution in [0.4, 0.5) is 0 Å². The highest BCUT2D eigenvalue weighted by atomic mass is 16.6. The van der Waals surface area contributed by atoms with Crippen LogP contribution in [-0.2, 0) is 27.7 Å². The maximum Gasteiger partial charge on any atom is 0.318 e. The zero-order chi connectivity index (χ0) is 10.4. The van der Waals surface area contributed by atoms with Crippen molar-refractivity contribution in [1.29, 1.82) is 0 Å². The first kappa shape index (κ1) is 10.7. The third-order valence-corrected chi connectivity index (χ3v) is 1.84. The number of aromatic nitrogens is 2. The van der Waals surface area contributed by atoms with Gasteiger partial charge in [-0.15, -0.1) is 0 Å². The van der Waals surface area contributed by atoms with Gasteiger partial charge in [0.1, 0.15) is 25.4 Å². The van der Waals surface area contributed by atoms with Gasteiger partial charge in [0, 0.05) is 7.11 Å². The van der Waals surface area contributed by atoms with Crippen LogP contribution >= 0.6 is 0 Å². The van der Waals surface area contributed by atoms with Crippen molar-refractivity contribution in [3.63, 3.8) is 0 Å². The van der Waals surface area contributed by atoms with E-state index in [1.165, 1.54) is 0 Å². The van der Waals surface area contributed by atoms with Crippen molar-refractivity contribution < 1.29 is 18.8 Å². The van der Waals surface area contributed by atoms with E-state index in [2.05, 4.69) is 4.98 Å². The van der Waals surface area contributed by atoms with Gasteiger partial charge in [-0.2, -0.15) is 0 Å². The molecule has 0 amide bonds. The van der Waals surface area contributed by atoms with Crippen molar-refractivity contribution in [3.05, 3.63) is 18.2 Å². The van der Waals surface area contributed by atoms with Gasteiger partial charge in [0.05, 0.1) is 13.7 Å². The van der Waals surface area contributed by atoms with Gasteiger partial charge in [0.2, 0.25) is 0 Å². The van der Waals surface area contributed by atoms with Crippen molar-refractivity contribution in [3.8, 4) is 0 Å². The molecule has 0 saturated carbocycles. The zero-order valence-corrected chi connectivity index (χ0v) is 8.45. The second kappa shape index (κ2) is 5.39. The molecule has 0 spiro atoms. The van der Waals surface area contributed by atoms with E-state index in [9.17, 15) is 4.79 Å². The third-order valence-electron chi connectivity index (χ3n) is 1.84. The fourth-order valence-corrected chi connectivity index (χ4v) is 1.04. The number of hydrogen-bond donors (Lipinski definition) is 1. The Labute approximate surface area is 82.6 Å². The molecule has 1 aromatic heterocycles. The Morgan fingerprint density at radius 3 is 2.93 bits per heavy atom. The number of esters is 1. The molecule has 0 fully saturated rings. The minimum atomic E-state index is -0.250. The SMILES string of the molecule is COCCOC(=O)Cc1[nH]cc[n+]1C. The number of aryl methyl sites for hydroxylation is 1. The average Bonchev–Trinajstić information content (AvgIpc) is 2.52. The van der Waals surface area contributed by atoms with Gasteiger partial charge in [-0.3, -0.25) is 4.79 Å². The number of ether oxygens (including phenoxy) is 2. The number of H-pyrrole nitrogens is 1. The normalized spacial score (nSPS) is 10.1. The standard InChI is InChI=1S/C9H14N2O3/c1-11-4-3-10-8(11)7-9(12)14-6-5-13-2/h3-4H,5-7H2,1-2H3/p+1. The Balaban J connectivity index is 2.31. The summed E-state index contributed by atoms with van der Waals surface area (Å²) in [5.74, 6) is 0.576. The highest BCUT2D eigenvalue weighted by molar-refractivity contribution is 5.71. The summed E-state index contributed by atoms with van der Waals surface area (Å²) in [7, 11) is 3.44. The summed E-state index contributed by atoms with van der Waals surface area (Å²) in [4.78, 5) is 14.2. The Hall–Kier alpha value is -1.36. The molecule has 0 saturated heterocycles. The Morgan fingerprint density at radius 2 is 2.36 bits per heavy atom. The molecule has 0 aliphatic carbocycles. The first-order valence-electron chi connectivity index (χ1n) is 4.40. The van der Waals surface area contributed by atoms with E-state index in [1.807, 2.05) is 17.8 Å². The van der Waals surface area contributed by atoms with Crippen LogP contribution in [0.3, 0.4) is 0 Å². The van der Waals surface area contributed by atoms with Crippen LogP contribution in [0, 0.1) is 0 Å². The maximum atomic E-state index is 11.2. The molecule has 0 aliphatic rings. The van der Waals surface area contributed by atoms with Gasteiger partial charge < -0.3 is 9.47 Å². The van der Waals surface area contributed by atoms with Crippen molar-refractivity contribution in [1.82, 2.24) is 4.98 Å². The van der Waals surface area contributed by atoms with Gasteiger partial charge in [0.25, 0.3) is 5.82 Å². The van der Waals surface area contributed by atoms with Crippen LogP contribution in [0.25, 0.3) is 0 Å². The van der Waals surface area contributed by atoms with E-state index in [1.54, 1.807) is 13.3 Å². The van der Waals surface area contributed by atoms with E-state index in [4.69, 9.17) is 9.47 Å². The van der Waals surface area contributed by atoms with Crippen LogP contribution < -0.4 is 4.57 Å². The summed E-state index contributed by atoms with van der Waals surface area (Å²) in [6.07, 6.45) is 3.88. The van der Waals surface area contributed by atoms with Gasteiger partial charge in [-0.1, -0.05) is 0 Å². The number of carbonyl (C=O) groups is 1. The summed E-state index contributed by atoms with van der Waals surface area (Å²) < 4.78 is 11.5. The van der Waals surface area contributed by atoms with Crippen LogP contribution in [0.2, 0.25) is 0 Å². The highest BCUT2D eigenvalue weighted by Crippen LogP contribution is 1.90. The van der Waals surface area contributed by atoms with Gasteiger partial charge in [-0.25, -0.2) is 9.55 Å².